The van der Waals surface area contributed by atoms with E-state index in [0.717, 1.165) is 77.8 Å². The lowest BCUT2D eigenvalue weighted by Gasteiger charge is -2.05. The second-order valence-electron chi connectivity index (χ2n) is 10.2. The maximum atomic E-state index is 6.37. The van der Waals surface area contributed by atoms with Gasteiger partial charge in [0.25, 0.3) is 0 Å². The van der Waals surface area contributed by atoms with Gasteiger partial charge in [-0.05, 0) is 61.4 Å². The molecule has 6 nitrogen and oxygen atoms in total. The van der Waals surface area contributed by atoms with E-state index in [1.165, 1.54) is 0 Å². The highest BCUT2D eigenvalue weighted by Crippen LogP contribution is 2.32. The first kappa shape index (κ1) is 26.1. The average molecular weight is 588 g/mol. The van der Waals surface area contributed by atoms with Crippen molar-refractivity contribution in [3.8, 4) is 22.8 Å². The molecule has 2 N–H and O–H groups in total. The number of aromatic nitrogens is 6. The van der Waals surface area contributed by atoms with Crippen LogP contribution in [0.15, 0.2) is 97.1 Å². The highest BCUT2D eigenvalue weighted by atomic mass is 35.5. The Morgan fingerprint density at radius 3 is 1.36 bits per heavy atom. The summed E-state index contributed by atoms with van der Waals surface area (Å²) in [6.45, 7) is 4.07. The van der Waals surface area contributed by atoms with Crippen LogP contribution in [0, 0.1) is 13.8 Å². The molecule has 0 spiro atoms. The molecule has 0 amide bonds. The van der Waals surface area contributed by atoms with Gasteiger partial charge in [0.15, 0.2) is 0 Å². The molecule has 8 aromatic rings. The first-order valence-electron chi connectivity index (χ1n) is 13.5. The van der Waals surface area contributed by atoms with Gasteiger partial charge in [0.1, 0.15) is 22.0 Å². The molecule has 4 heterocycles. The Bertz CT molecular complexity index is 2040. The second kappa shape index (κ2) is 10.6. The van der Waals surface area contributed by atoms with Crippen LogP contribution in [0.2, 0.25) is 10.3 Å². The van der Waals surface area contributed by atoms with E-state index in [-0.39, 0.29) is 0 Å². The van der Waals surface area contributed by atoms with Crippen molar-refractivity contribution in [1.29, 1.82) is 0 Å². The Kier molecular flexibility index (Phi) is 6.57. The van der Waals surface area contributed by atoms with Gasteiger partial charge >= 0.3 is 0 Å². The Labute approximate surface area is 251 Å². The van der Waals surface area contributed by atoms with Gasteiger partial charge in [-0.1, -0.05) is 83.9 Å². The number of nitrogens with zero attached hydrogens (tertiary/aromatic N) is 4. The van der Waals surface area contributed by atoms with Crippen molar-refractivity contribution in [3.05, 3.63) is 118 Å². The lowest BCUT2D eigenvalue weighted by Crippen LogP contribution is -1.89. The third kappa shape index (κ3) is 4.75. The minimum absolute atomic E-state index is 0.468. The van der Waals surface area contributed by atoms with Crippen LogP contribution < -0.4 is 0 Å². The first-order chi connectivity index (χ1) is 20.4. The van der Waals surface area contributed by atoms with Crippen molar-refractivity contribution in [1.82, 2.24) is 29.9 Å². The summed E-state index contributed by atoms with van der Waals surface area (Å²) in [4.78, 5) is 24.8. The third-order valence-corrected chi connectivity index (χ3v) is 7.87. The zero-order chi connectivity index (χ0) is 28.8. The summed E-state index contributed by atoms with van der Waals surface area (Å²) >= 11 is 12.7. The van der Waals surface area contributed by atoms with E-state index in [1.807, 2.05) is 111 Å². The Morgan fingerprint density at radius 2 is 0.929 bits per heavy atom. The molecule has 8 rings (SSSR count). The van der Waals surface area contributed by atoms with Crippen molar-refractivity contribution in [2.24, 2.45) is 0 Å². The van der Waals surface area contributed by atoms with E-state index in [9.17, 15) is 0 Å². The van der Waals surface area contributed by atoms with Gasteiger partial charge < -0.3 is 9.97 Å². The molecule has 0 aliphatic heterocycles. The summed E-state index contributed by atoms with van der Waals surface area (Å²) in [5.74, 6) is 1.49. The van der Waals surface area contributed by atoms with Gasteiger partial charge in [-0.25, -0.2) is 19.9 Å². The van der Waals surface area contributed by atoms with Crippen LogP contribution in [-0.2, 0) is 0 Å². The fraction of sp³-hybridized carbons (Fsp3) is 0.0588. The highest BCUT2D eigenvalue weighted by molar-refractivity contribution is 6.33. The number of hydrogen-bond acceptors (Lipinski definition) is 4. The van der Waals surface area contributed by atoms with Crippen LogP contribution >= 0.6 is 23.2 Å². The number of H-pyrrole nitrogens is 2. The van der Waals surface area contributed by atoms with Crippen LogP contribution in [0.1, 0.15) is 11.1 Å². The fourth-order valence-corrected chi connectivity index (χ4v) is 5.60. The Balaban J connectivity index is 0.000000137. The standard InChI is InChI=1S/2C17H12ClN3/c2*1-10-5-4-6-11-9-12(16(18)21-15(10)11)17-19-13-7-2-3-8-14(13)20-17/h2*2-9H,1H3,(H,19,20). The summed E-state index contributed by atoms with van der Waals surface area (Å²) in [6, 6.07) is 32.1. The van der Waals surface area contributed by atoms with Gasteiger partial charge in [-0.3, -0.25) is 0 Å². The normalized spacial score (nSPS) is 11.3. The van der Waals surface area contributed by atoms with Gasteiger partial charge in [0.05, 0.1) is 44.2 Å². The zero-order valence-electron chi connectivity index (χ0n) is 22.8. The molecule has 0 atom stereocenters. The molecule has 0 unspecified atom stereocenters. The molecule has 0 aliphatic carbocycles. The smallest absolute Gasteiger partial charge is 0.141 e. The molecule has 42 heavy (non-hydrogen) atoms. The largest absolute Gasteiger partial charge is 0.338 e. The summed E-state index contributed by atoms with van der Waals surface area (Å²) in [5.41, 5.74) is 9.58. The Morgan fingerprint density at radius 1 is 0.500 bits per heavy atom. The molecule has 0 fully saturated rings. The van der Waals surface area contributed by atoms with Gasteiger partial charge in [-0.15, -0.1) is 0 Å². The van der Waals surface area contributed by atoms with Gasteiger partial charge in [-0.2, -0.15) is 0 Å². The van der Waals surface area contributed by atoms with Crippen molar-refractivity contribution in [2.75, 3.05) is 0 Å². The van der Waals surface area contributed by atoms with E-state index in [1.54, 1.807) is 0 Å². The number of para-hydroxylation sites is 6. The quantitative estimate of drug-likeness (QED) is 0.197. The molecule has 0 saturated heterocycles. The number of nitrogens with one attached hydrogen (secondary N) is 2. The zero-order valence-corrected chi connectivity index (χ0v) is 24.3. The topological polar surface area (TPSA) is 83.1 Å². The minimum Gasteiger partial charge on any atom is -0.338 e. The predicted octanol–water partition coefficient (Wildman–Crippen LogP) is 9.48. The van der Waals surface area contributed by atoms with Crippen LogP contribution in [0.5, 0.6) is 0 Å². The van der Waals surface area contributed by atoms with Crippen molar-refractivity contribution >= 4 is 67.1 Å². The minimum atomic E-state index is 0.468. The molecular formula is C34H24Cl2N6. The average Bonchev–Trinajstić information content (AvgIpc) is 3.62. The molecule has 4 aromatic carbocycles. The summed E-state index contributed by atoms with van der Waals surface area (Å²) in [7, 11) is 0. The maximum absolute atomic E-state index is 6.37. The van der Waals surface area contributed by atoms with Crippen molar-refractivity contribution in [2.45, 2.75) is 13.8 Å². The van der Waals surface area contributed by atoms with E-state index in [0.29, 0.717) is 10.3 Å². The SMILES string of the molecule is Cc1cccc2cc(-c3nc4ccccc4[nH]3)c(Cl)nc12.Cc1cccc2cc(-c3nc4ccccc4[nH]3)c(Cl)nc12. The molecular weight excluding hydrogens is 563 g/mol. The van der Waals surface area contributed by atoms with E-state index in [4.69, 9.17) is 23.2 Å². The lowest BCUT2D eigenvalue weighted by atomic mass is 10.1. The summed E-state index contributed by atoms with van der Waals surface area (Å²) in [6.07, 6.45) is 0. The van der Waals surface area contributed by atoms with Crippen LogP contribution in [0.25, 0.3) is 66.6 Å². The van der Waals surface area contributed by atoms with Gasteiger partial charge in [0, 0.05) is 10.8 Å². The monoisotopic (exact) mass is 586 g/mol. The fourth-order valence-electron chi connectivity index (χ4n) is 5.14. The lowest BCUT2D eigenvalue weighted by molar-refractivity contribution is 1.30. The molecule has 0 bridgehead atoms. The number of pyridine rings is 2. The molecule has 8 heteroatoms. The highest BCUT2D eigenvalue weighted by Gasteiger charge is 2.13. The Hall–Kier alpha value is -4.78. The first-order valence-corrected chi connectivity index (χ1v) is 14.2. The van der Waals surface area contributed by atoms with E-state index in [2.05, 4.69) is 29.9 Å². The van der Waals surface area contributed by atoms with Crippen LogP contribution in [0.3, 0.4) is 0 Å². The number of aromatic amines is 2. The number of rotatable bonds is 2. The van der Waals surface area contributed by atoms with Crippen LogP contribution in [-0.4, -0.2) is 29.9 Å². The number of imidazole rings is 2. The van der Waals surface area contributed by atoms with E-state index >= 15 is 0 Å². The number of benzene rings is 4. The molecule has 0 radical (unpaired) electrons. The summed E-state index contributed by atoms with van der Waals surface area (Å²) in [5, 5.41) is 3.07. The van der Waals surface area contributed by atoms with E-state index < -0.39 is 0 Å². The van der Waals surface area contributed by atoms with Crippen molar-refractivity contribution in [3.63, 3.8) is 0 Å². The number of fused-ring (bicyclic) bond motifs is 4. The number of halogens is 2. The number of hydrogen-bond donors (Lipinski definition) is 2. The number of aryl methyl sites for hydroxylation is 2. The molecule has 204 valence electrons. The second-order valence-corrected chi connectivity index (χ2v) is 10.9. The van der Waals surface area contributed by atoms with Crippen LogP contribution in [0.4, 0.5) is 0 Å². The molecule has 4 aromatic heterocycles. The third-order valence-electron chi connectivity index (χ3n) is 7.29. The van der Waals surface area contributed by atoms with Crippen molar-refractivity contribution < 1.29 is 0 Å². The predicted molar refractivity (Wildman–Crippen MR) is 173 cm³/mol. The molecule has 0 aliphatic rings. The molecule has 0 saturated carbocycles. The summed E-state index contributed by atoms with van der Waals surface area (Å²) < 4.78 is 0. The maximum Gasteiger partial charge on any atom is 0.141 e. The van der Waals surface area contributed by atoms with Gasteiger partial charge in [0.2, 0.25) is 0 Å².